The number of aromatic nitrogens is 1. The third kappa shape index (κ3) is 3.83. The Labute approximate surface area is 144 Å². The SMILES string of the molecule is Cc1nc(COc2ccc(Cl)cc2)sc1C(=O)N1CC[C@H](N)C1. The first-order valence-electron chi connectivity index (χ1n) is 7.42. The van der Waals surface area contributed by atoms with Crippen molar-refractivity contribution in [3.63, 3.8) is 0 Å². The first kappa shape index (κ1) is 16.2. The summed E-state index contributed by atoms with van der Waals surface area (Å²) < 4.78 is 5.68. The maximum atomic E-state index is 12.5. The second-order valence-electron chi connectivity index (χ2n) is 5.56. The van der Waals surface area contributed by atoms with Crippen molar-refractivity contribution < 1.29 is 9.53 Å². The number of hydrogen-bond acceptors (Lipinski definition) is 5. The molecule has 2 heterocycles. The quantitative estimate of drug-likeness (QED) is 0.919. The summed E-state index contributed by atoms with van der Waals surface area (Å²) in [5.41, 5.74) is 6.62. The molecular weight excluding hydrogens is 334 g/mol. The molecule has 0 aliphatic carbocycles. The number of carbonyl (C=O) groups is 1. The van der Waals surface area contributed by atoms with E-state index in [1.165, 1.54) is 11.3 Å². The molecule has 122 valence electrons. The number of benzene rings is 1. The van der Waals surface area contributed by atoms with Crippen LogP contribution < -0.4 is 10.5 Å². The van der Waals surface area contributed by atoms with E-state index in [0.717, 1.165) is 22.9 Å². The Balaban J connectivity index is 1.66. The fraction of sp³-hybridized carbons (Fsp3) is 0.375. The number of hydrogen-bond donors (Lipinski definition) is 1. The van der Waals surface area contributed by atoms with Gasteiger partial charge in [0.15, 0.2) is 0 Å². The number of thiazole rings is 1. The number of nitrogens with zero attached hydrogens (tertiary/aromatic N) is 2. The molecule has 1 aromatic carbocycles. The fourth-order valence-electron chi connectivity index (χ4n) is 2.50. The van der Waals surface area contributed by atoms with Gasteiger partial charge in [0.05, 0.1) is 5.69 Å². The highest BCUT2D eigenvalue weighted by atomic mass is 35.5. The summed E-state index contributed by atoms with van der Waals surface area (Å²) in [6.07, 6.45) is 0.857. The van der Waals surface area contributed by atoms with Crippen LogP contribution in [0.15, 0.2) is 24.3 Å². The second-order valence-corrected chi connectivity index (χ2v) is 7.08. The Bertz CT molecular complexity index is 702. The zero-order chi connectivity index (χ0) is 16.4. The van der Waals surface area contributed by atoms with Gasteiger partial charge in [0.25, 0.3) is 5.91 Å². The van der Waals surface area contributed by atoms with Crippen molar-refractivity contribution in [3.05, 3.63) is 44.9 Å². The number of ether oxygens (including phenoxy) is 1. The van der Waals surface area contributed by atoms with E-state index < -0.39 is 0 Å². The first-order valence-corrected chi connectivity index (χ1v) is 8.62. The molecule has 3 rings (SSSR count). The van der Waals surface area contributed by atoms with E-state index in [0.29, 0.717) is 29.6 Å². The summed E-state index contributed by atoms with van der Waals surface area (Å²) in [5, 5.41) is 1.45. The van der Waals surface area contributed by atoms with Gasteiger partial charge in [0, 0.05) is 24.2 Å². The molecule has 23 heavy (non-hydrogen) atoms. The Morgan fingerprint density at radius 3 is 2.87 bits per heavy atom. The summed E-state index contributed by atoms with van der Waals surface area (Å²) in [6.45, 7) is 3.52. The molecule has 0 spiro atoms. The summed E-state index contributed by atoms with van der Waals surface area (Å²) in [4.78, 5) is 19.4. The van der Waals surface area contributed by atoms with E-state index in [1.54, 1.807) is 29.2 Å². The second kappa shape index (κ2) is 6.86. The summed E-state index contributed by atoms with van der Waals surface area (Å²) in [5.74, 6) is 0.742. The van der Waals surface area contributed by atoms with E-state index >= 15 is 0 Å². The molecule has 2 N–H and O–H groups in total. The number of carbonyl (C=O) groups excluding carboxylic acids is 1. The smallest absolute Gasteiger partial charge is 0.265 e. The number of amides is 1. The van der Waals surface area contributed by atoms with Crippen LogP contribution in [0.4, 0.5) is 0 Å². The standard InChI is InChI=1S/C16H18ClN3O2S/c1-10-15(16(21)20-7-6-12(18)8-20)23-14(19-10)9-22-13-4-2-11(17)3-5-13/h2-5,12H,6-9,18H2,1H3/t12-/m0/s1. The lowest BCUT2D eigenvalue weighted by molar-refractivity contribution is 0.0794. The van der Waals surface area contributed by atoms with Crippen molar-refractivity contribution >= 4 is 28.8 Å². The van der Waals surface area contributed by atoms with Gasteiger partial charge in [-0.25, -0.2) is 4.98 Å². The van der Waals surface area contributed by atoms with Crippen LogP contribution in [0.25, 0.3) is 0 Å². The molecule has 1 aromatic heterocycles. The van der Waals surface area contributed by atoms with Gasteiger partial charge in [0.1, 0.15) is 22.2 Å². The Morgan fingerprint density at radius 1 is 1.48 bits per heavy atom. The maximum absolute atomic E-state index is 12.5. The van der Waals surface area contributed by atoms with E-state index in [2.05, 4.69) is 4.98 Å². The van der Waals surface area contributed by atoms with E-state index in [1.807, 2.05) is 6.92 Å². The van der Waals surface area contributed by atoms with Crippen molar-refractivity contribution in [1.82, 2.24) is 9.88 Å². The third-order valence-corrected chi connectivity index (χ3v) is 5.09. The fourth-order valence-corrected chi connectivity index (χ4v) is 3.58. The molecule has 1 atom stereocenters. The molecule has 1 fully saturated rings. The molecule has 1 aliphatic heterocycles. The number of aryl methyl sites for hydroxylation is 1. The minimum Gasteiger partial charge on any atom is -0.486 e. The first-order chi connectivity index (χ1) is 11.0. The van der Waals surface area contributed by atoms with Crippen LogP contribution in [-0.2, 0) is 6.61 Å². The summed E-state index contributed by atoms with van der Waals surface area (Å²) in [6, 6.07) is 7.24. The van der Waals surface area contributed by atoms with E-state index in [-0.39, 0.29) is 11.9 Å². The average Bonchev–Trinajstić information content (AvgIpc) is 3.12. The lowest BCUT2D eigenvalue weighted by Gasteiger charge is -2.14. The lowest BCUT2D eigenvalue weighted by atomic mass is 10.3. The number of rotatable bonds is 4. The molecule has 2 aromatic rings. The Morgan fingerprint density at radius 2 is 2.22 bits per heavy atom. The van der Waals surface area contributed by atoms with Crippen molar-refractivity contribution in [3.8, 4) is 5.75 Å². The maximum Gasteiger partial charge on any atom is 0.265 e. The van der Waals surface area contributed by atoms with Gasteiger partial charge in [-0.1, -0.05) is 11.6 Å². The van der Waals surface area contributed by atoms with Gasteiger partial charge in [-0.15, -0.1) is 11.3 Å². The molecule has 5 nitrogen and oxygen atoms in total. The highest BCUT2D eigenvalue weighted by Gasteiger charge is 2.27. The van der Waals surface area contributed by atoms with E-state index in [9.17, 15) is 4.79 Å². The van der Waals surface area contributed by atoms with Gasteiger partial charge in [-0.2, -0.15) is 0 Å². The van der Waals surface area contributed by atoms with Crippen molar-refractivity contribution in [1.29, 1.82) is 0 Å². The molecule has 7 heteroatoms. The molecule has 1 aliphatic rings. The van der Waals surface area contributed by atoms with Gasteiger partial charge < -0.3 is 15.4 Å². The van der Waals surface area contributed by atoms with Crippen molar-refractivity contribution in [2.24, 2.45) is 5.73 Å². The zero-order valence-electron chi connectivity index (χ0n) is 12.8. The highest BCUT2D eigenvalue weighted by molar-refractivity contribution is 7.13. The van der Waals surface area contributed by atoms with Crippen molar-refractivity contribution in [2.75, 3.05) is 13.1 Å². The van der Waals surface area contributed by atoms with Crippen LogP contribution in [-0.4, -0.2) is 34.9 Å². The third-order valence-electron chi connectivity index (χ3n) is 3.72. The van der Waals surface area contributed by atoms with Crippen LogP contribution in [0.2, 0.25) is 5.02 Å². The Hall–Kier alpha value is -1.63. The van der Waals surface area contributed by atoms with Crippen LogP contribution in [0.3, 0.4) is 0 Å². The topological polar surface area (TPSA) is 68.5 Å². The molecule has 1 saturated heterocycles. The minimum atomic E-state index is 0.0192. The van der Waals surface area contributed by atoms with Crippen molar-refractivity contribution in [2.45, 2.75) is 26.0 Å². The predicted molar refractivity (Wildman–Crippen MR) is 91.1 cm³/mol. The molecule has 0 bridgehead atoms. The Kier molecular flexibility index (Phi) is 4.84. The van der Waals surface area contributed by atoms with E-state index in [4.69, 9.17) is 22.1 Å². The minimum absolute atomic E-state index is 0.0192. The van der Waals surface area contributed by atoms with Crippen LogP contribution in [0.5, 0.6) is 5.75 Å². The number of halogens is 1. The normalized spacial score (nSPS) is 17.5. The molecule has 0 saturated carbocycles. The molecule has 0 radical (unpaired) electrons. The number of likely N-dealkylation sites (tertiary alicyclic amines) is 1. The van der Waals surface area contributed by atoms with Crippen LogP contribution >= 0.6 is 22.9 Å². The molecule has 0 unspecified atom stereocenters. The van der Waals surface area contributed by atoms with Gasteiger partial charge in [-0.3, -0.25) is 4.79 Å². The van der Waals surface area contributed by atoms with Crippen LogP contribution in [0.1, 0.15) is 26.8 Å². The summed E-state index contributed by atoms with van der Waals surface area (Å²) in [7, 11) is 0. The molecule has 1 amide bonds. The zero-order valence-corrected chi connectivity index (χ0v) is 14.4. The number of nitrogens with two attached hydrogens (primary N) is 1. The van der Waals surface area contributed by atoms with Crippen LogP contribution in [0, 0.1) is 6.92 Å². The molecular formula is C16H18ClN3O2S. The largest absolute Gasteiger partial charge is 0.486 e. The predicted octanol–water partition coefficient (Wildman–Crippen LogP) is 2.86. The highest BCUT2D eigenvalue weighted by Crippen LogP contribution is 2.24. The monoisotopic (exact) mass is 351 g/mol. The van der Waals surface area contributed by atoms with Gasteiger partial charge >= 0.3 is 0 Å². The van der Waals surface area contributed by atoms with Gasteiger partial charge in [-0.05, 0) is 37.6 Å². The lowest BCUT2D eigenvalue weighted by Crippen LogP contribution is -2.31. The van der Waals surface area contributed by atoms with Gasteiger partial charge in [0.2, 0.25) is 0 Å². The summed E-state index contributed by atoms with van der Waals surface area (Å²) >= 11 is 7.23. The average molecular weight is 352 g/mol.